The van der Waals surface area contributed by atoms with E-state index in [4.69, 9.17) is 0 Å². The summed E-state index contributed by atoms with van der Waals surface area (Å²) in [6.07, 6.45) is 0.671. The van der Waals surface area contributed by atoms with E-state index in [9.17, 15) is 13.0 Å². The molecule has 3 aromatic rings. The van der Waals surface area contributed by atoms with Gasteiger partial charge in [0.15, 0.2) is 0 Å². The van der Waals surface area contributed by atoms with E-state index in [1.54, 1.807) is 6.07 Å². The van der Waals surface area contributed by atoms with Crippen LogP contribution in [0.15, 0.2) is 83.8 Å². The lowest BCUT2D eigenvalue weighted by Gasteiger charge is -2.14. The third-order valence-electron chi connectivity index (χ3n) is 3.69. The normalized spacial score (nSPS) is 11.3. The first-order valence-corrected chi connectivity index (χ1v) is 8.63. The molecule has 0 aliphatic heterocycles. The van der Waals surface area contributed by atoms with Gasteiger partial charge in [0.2, 0.25) is 0 Å². The van der Waals surface area contributed by atoms with Crippen molar-refractivity contribution >= 4 is 10.1 Å². The Morgan fingerprint density at radius 3 is 2.00 bits per heavy atom. The van der Waals surface area contributed by atoms with Gasteiger partial charge in [-0.3, -0.25) is 0 Å². The Labute approximate surface area is 136 Å². The molecule has 23 heavy (non-hydrogen) atoms. The quantitative estimate of drug-likeness (QED) is 0.685. The van der Waals surface area contributed by atoms with E-state index in [0.717, 1.165) is 22.3 Å². The molecule has 0 aromatic heterocycles. The minimum Gasteiger partial charge on any atom is -0.744 e. The van der Waals surface area contributed by atoms with Crippen molar-refractivity contribution in [3.8, 4) is 11.1 Å². The average Bonchev–Trinajstić information content (AvgIpc) is 2.56. The zero-order chi connectivity index (χ0) is 16.3. The fraction of sp³-hybridized carbons (Fsp3) is 0.0526. The van der Waals surface area contributed by atoms with Crippen molar-refractivity contribution in [2.75, 3.05) is 0 Å². The van der Waals surface area contributed by atoms with E-state index in [2.05, 4.69) is 0 Å². The van der Waals surface area contributed by atoms with Crippen LogP contribution in [0, 0.1) is 0 Å². The molecule has 0 spiro atoms. The van der Waals surface area contributed by atoms with Crippen molar-refractivity contribution in [1.82, 2.24) is 0 Å². The molecule has 0 amide bonds. The molecule has 0 heterocycles. The zero-order valence-corrected chi connectivity index (χ0v) is 13.2. The molecular weight excluding hydrogens is 308 g/mol. The number of hydrogen-bond donors (Lipinski definition) is 0. The summed E-state index contributed by atoms with van der Waals surface area (Å²) < 4.78 is 34.0. The first-order chi connectivity index (χ1) is 11.0. The Bertz CT molecular complexity index is 902. The number of hydrogen-bond acceptors (Lipinski definition) is 3. The van der Waals surface area contributed by atoms with Crippen molar-refractivity contribution in [2.45, 2.75) is 11.3 Å². The van der Waals surface area contributed by atoms with Crippen LogP contribution < -0.4 is 0 Å². The average molecular weight is 323 g/mol. The van der Waals surface area contributed by atoms with Gasteiger partial charge < -0.3 is 4.55 Å². The summed E-state index contributed by atoms with van der Waals surface area (Å²) in [7, 11) is -4.47. The van der Waals surface area contributed by atoms with Crippen LogP contribution in [-0.4, -0.2) is 13.0 Å². The Balaban J connectivity index is 2.12. The number of benzene rings is 3. The van der Waals surface area contributed by atoms with Gasteiger partial charge in [0.1, 0.15) is 10.1 Å². The van der Waals surface area contributed by atoms with Crippen LogP contribution >= 0.6 is 0 Å². The van der Waals surface area contributed by atoms with Gasteiger partial charge in [0.25, 0.3) is 0 Å². The molecule has 0 saturated heterocycles. The van der Waals surface area contributed by atoms with Crippen LogP contribution in [0.1, 0.15) is 11.1 Å². The third kappa shape index (κ3) is 3.67. The minimum atomic E-state index is -4.47. The maximum absolute atomic E-state index is 11.3. The molecule has 0 N–H and O–H groups in total. The topological polar surface area (TPSA) is 57.2 Å². The summed E-state index contributed by atoms with van der Waals surface area (Å²) in [5.41, 5.74) is 3.77. The molecule has 3 aromatic carbocycles. The molecule has 3 nitrogen and oxygen atoms in total. The van der Waals surface area contributed by atoms with Gasteiger partial charge in [-0.25, -0.2) is 8.42 Å². The molecular formula is C19H15O3S-. The Morgan fingerprint density at radius 2 is 1.39 bits per heavy atom. The summed E-state index contributed by atoms with van der Waals surface area (Å²) in [5.74, 6) is 0. The summed E-state index contributed by atoms with van der Waals surface area (Å²) in [4.78, 5) is -0.201. The molecule has 0 aliphatic rings. The lowest BCUT2D eigenvalue weighted by Crippen LogP contribution is -2.01. The van der Waals surface area contributed by atoms with Crippen LogP contribution in [0.2, 0.25) is 0 Å². The summed E-state index contributed by atoms with van der Waals surface area (Å²) in [5, 5.41) is 0. The van der Waals surface area contributed by atoms with Gasteiger partial charge in [0.05, 0.1) is 4.90 Å². The van der Waals surface area contributed by atoms with Crippen molar-refractivity contribution in [3.05, 3.63) is 90.0 Å². The van der Waals surface area contributed by atoms with Gasteiger partial charge in [-0.2, -0.15) is 0 Å². The van der Waals surface area contributed by atoms with Gasteiger partial charge in [-0.05, 0) is 40.8 Å². The highest BCUT2D eigenvalue weighted by atomic mass is 32.2. The first kappa shape index (κ1) is 15.5. The Hall–Kier alpha value is -2.43. The second-order valence-corrected chi connectivity index (χ2v) is 6.68. The molecule has 0 unspecified atom stereocenters. The highest BCUT2D eigenvalue weighted by Crippen LogP contribution is 2.28. The smallest absolute Gasteiger partial charge is 0.124 e. The van der Waals surface area contributed by atoms with E-state index in [-0.39, 0.29) is 4.90 Å². The molecule has 116 valence electrons. The van der Waals surface area contributed by atoms with Gasteiger partial charge >= 0.3 is 0 Å². The molecule has 0 radical (unpaired) electrons. The van der Waals surface area contributed by atoms with Crippen molar-refractivity contribution in [3.63, 3.8) is 0 Å². The summed E-state index contributed by atoms with van der Waals surface area (Å²) in [6.45, 7) is 0. The van der Waals surface area contributed by atoms with Crippen LogP contribution in [0.25, 0.3) is 11.1 Å². The van der Waals surface area contributed by atoms with Crippen molar-refractivity contribution in [2.24, 2.45) is 0 Å². The summed E-state index contributed by atoms with van der Waals surface area (Å²) in [6, 6.07) is 24.0. The zero-order valence-electron chi connectivity index (χ0n) is 12.3. The standard InChI is InChI=1S/C19H16O3S/c20-23(21,22)18-12-11-17(13-15-7-3-1-4-8-15)19(14-18)16-9-5-2-6-10-16/h1-12,14H,13H2,(H,20,21,22)/p-1. The lowest BCUT2D eigenvalue weighted by molar-refractivity contribution is 0.463. The lowest BCUT2D eigenvalue weighted by atomic mass is 9.95. The Morgan fingerprint density at radius 1 is 0.783 bits per heavy atom. The predicted molar refractivity (Wildman–Crippen MR) is 89.1 cm³/mol. The molecule has 0 atom stereocenters. The van der Waals surface area contributed by atoms with E-state index >= 15 is 0 Å². The molecule has 0 bridgehead atoms. The third-order valence-corrected chi connectivity index (χ3v) is 4.52. The first-order valence-electron chi connectivity index (χ1n) is 7.22. The monoisotopic (exact) mass is 323 g/mol. The van der Waals surface area contributed by atoms with Crippen LogP contribution in [0.3, 0.4) is 0 Å². The van der Waals surface area contributed by atoms with Crippen LogP contribution in [0.4, 0.5) is 0 Å². The molecule has 0 fully saturated rings. The Kier molecular flexibility index (Phi) is 4.28. The van der Waals surface area contributed by atoms with Crippen molar-refractivity contribution in [1.29, 1.82) is 0 Å². The second kappa shape index (κ2) is 6.36. The highest BCUT2D eigenvalue weighted by molar-refractivity contribution is 7.85. The SMILES string of the molecule is O=S(=O)([O-])c1ccc(Cc2ccccc2)c(-c2ccccc2)c1. The second-order valence-electron chi connectivity index (χ2n) is 5.30. The van der Waals surface area contributed by atoms with E-state index in [1.807, 2.05) is 60.7 Å². The number of rotatable bonds is 4. The molecule has 3 rings (SSSR count). The van der Waals surface area contributed by atoms with Crippen LogP contribution in [0.5, 0.6) is 0 Å². The van der Waals surface area contributed by atoms with E-state index in [0.29, 0.717) is 6.42 Å². The van der Waals surface area contributed by atoms with Gasteiger partial charge in [0, 0.05) is 0 Å². The van der Waals surface area contributed by atoms with E-state index < -0.39 is 10.1 Å². The fourth-order valence-corrected chi connectivity index (χ4v) is 3.06. The summed E-state index contributed by atoms with van der Waals surface area (Å²) >= 11 is 0. The predicted octanol–water partition coefficient (Wildman–Crippen LogP) is 3.85. The van der Waals surface area contributed by atoms with Gasteiger partial charge in [-0.15, -0.1) is 0 Å². The minimum absolute atomic E-state index is 0.201. The highest BCUT2D eigenvalue weighted by Gasteiger charge is 2.10. The maximum atomic E-state index is 11.3. The van der Waals surface area contributed by atoms with Crippen molar-refractivity contribution < 1.29 is 13.0 Å². The van der Waals surface area contributed by atoms with E-state index in [1.165, 1.54) is 12.1 Å². The molecule has 0 saturated carbocycles. The largest absolute Gasteiger partial charge is 0.744 e. The maximum Gasteiger partial charge on any atom is 0.124 e. The van der Waals surface area contributed by atoms with Gasteiger partial charge in [-0.1, -0.05) is 66.7 Å². The fourth-order valence-electron chi connectivity index (χ4n) is 2.57. The molecule has 0 aliphatic carbocycles. The van der Waals surface area contributed by atoms with Crippen LogP contribution in [-0.2, 0) is 16.5 Å². The molecule has 4 heteroatoms.